The summed E-state index contributed by atoms with van der Waals surface area (Å²) in [5, 5.41) is 2.73. The maximum Gasteiger partial charge on any atom is 0.248 e. The van der Waals surface area contributed by atoms with Crippen LogP contribution in [0.2, 0.25) is 0 Å². The number of nitrogens with one attached hydrogen (secondary N) is 1. The highest BCUT2D eigenvalue weighted by Gasteiger charge is 2.09. The molecule has 4 nitrogen and oxygen atoms in total. The summed E-state index contributed by atoms with van der Waals surface area (Å²) >= 11 is 0. The first-order chi connectivity index (χ1) is 11.7. The summed E-state index contributed by atoms with van der Waals surface area (Å²) in [5.41, 5.74) is 1.69. The molecular formula is C20H15NO3. The molecule has 0 unspecified atom stereocenters. The highest BCUT2D eigenvalue weighted by molar-refractivity contribution is 6.10. The molecule has 0 saturated carbocycles. The zero-order chi connectivity index (χ0) is 16.8. The van der Waals surface area contributed by atoms with Crippen molar-refractivity contribution in [3.63, 3.8) is 0 Å². The molecule has 118 valence electrons. The Morgan fingerprint density at radius 1 is 0.875 bits per heavy atom. The van der Waals surface area contributed by atoms with Crippen LogP contribution in [-0.2, 0) is 4.79 Å². The number of ketones is 1. The fourth-order valence-corrected chi connectivity index (χ4v) is 2.22. The maximum absolute atomic E-state index is 12.4. The van der Waals surface area contributed by atoms with E-state index in [9.17, 15) is 9.59 Å². The first-order valence-corrected chi connectivity index (χ1v) is 7.45. The average molecular weight is 317 g/mol. The highest BCUT2D eigenvalue weighted by Crippen LogP contribution is 2.15. The zero-order valence-electron chi connectivity index (χ0n) is 12.8. The van der Waals surface area contributed by atoms with Gasteiger partial charge < -0.3 is 9.73 Å². The van der Waals surface area contributed by atoms with Gasteiger partial charge in [0.05, 0.1) is 6.26 Å². The van der Waals surface area contributed by atoms with Crippen LogP contribution in [0.4, 0.5) is 5.69 Å². The molecule has 0 aliphatic rings. The molecule has 24 heavy (non-hydrogen) atoms. The third-order valence-corrected chi connectivity index (χ3v) is 3.37. The summed E-state index contributed by atoms with van der Waals surface area (Å²) in [6.07, 6.45) is 4.50. The molecule has 0 spiro atoms. The minimum absolute atomic E-state index is 0.0853. The Bertz CT molecular complexity index is 865. The average Bonchev–Trinajstić information content (AvgIpc) is 3.14. The summed E-state index contributed by atoms with van der Waals surface area (Å²) in [7, 11) is 0. The Morgan fingerprint density at radius 3 is 2.42 bits per heavy atom. The fourth-order valence-electron chi connectivity index (χ4n) is 2.22. The van der Waals surface area contributed by atoms with Crippen molar-refractivity contribution in [1.29, 1.82) is 0 Å². The number of rotatable bonds is 5. The molecule has 3 aromatic rings. The minimum atomic E-state index is -0.296. The van der Waals surface area contributed by atoms with E-state index in [2.05, 4.69) is 5.32 Å². The summed E-state index contributed by atoms with van der Waals surface area (Å²) in [5.74, 6) is 0.215. The van der Waals surface area contributed by atoms with Crippen LogP contribution in [0.5, 0.6) is 0 Å². The quantitative estimate of drug-likeness (QED) is 0.568. The second kappa shape index (κ2) is 7.24. The molecule has 1 aromatic heterocycles. The highest BCUT2D eigenvalue weighted by atomic mass is 16.3. The van der Waals surface area contributed by atoms with E-state index in [1.807, 2.05) is 18.2 Å². The molecule has 1 N–H and O–H groups in total. The van der Waals surface area contributed by atoms with E-state index in [0.29, 0.717) is 22.6 Å². The number of anilines is 1. The van der Waals surface area contributed by atoms with Crippen LogP contribution >= 0.6 is 0 Å². The lowest BCUT2D eigenvalue weighted by atomic mass is 10.0. The molecular weight excluding hydrogens is 302 g/mol. The Kier molecular flexibility index (Phi) is 4.68. The van der Waals surface area contributed by atoms with Crippen molar-refractivity contribution in [3.05, 3.63) is 96.0 Å². The van der Waals surface area contributed by atoms with Crippen molar-refractivity contribution in [2.45, 2.75) is 0 Å². The van der Waals surface area contributed by atoms with Crippen molar-refractivity contribution in [1.82, 2.24) is 0 Å². The fraction of sp³-hybridized carbons (Fsp3) is 0. The van der Waals surface area contributed by atoms with E-state index >= 15 is 0 Å². The molecule has 0 radical (unpaired) electrons. The van der Waals surface area contributed by atoms with Crippen LogP contribution in [0.3, 0.4) is 0 Å². The molecule has 0 fully saturated rings. The van der Waals surface area contributed by atoms with Gasteiger partial charge in [0.2, 0.25) is 5.91 Å². The second-order valence-electron chi connectivity index (χ2n) is 5.11. The van der Waals surface area contributed by atoms with E-state index in [4.69, 9.17) is 4.42 Å². The zero-order valence-corrected chi connectivity index (χ0v) is 12.8. The monoisotopic (exact) mass is 317 g/mol. The SMILES string of the molecule is O=C(/C=C/c1ccco1)Nc1cccc(C(=O)c2ccccc2)c1. The lowest BCUT2D eigenvalue weighted by Gasteiger charge is -2.05. The number of amides is 1. The van der Waals surface area contributed by atoms with Crippen molar-refractivity contribution in [2.24, 2.45) is 0 Å². The van der Waals surface area contributed by atoms with E-state index in [-0.39, 0.29) is 11.7 Å². The van der Waals surface area contributed by atoms with Gasteiger partial charge in [-0.15, -0.1) is 0 Å². The summed E-state index contributed by atoms with van der Waals surface area (Å²) in [6.45, 7) is 0. The van der Waals surface area contributed by atoms with Gasteiger partial charge in [0.15, 0.2) is 5.78 Å². The van der Waals surface area contributed by atoms with Gasteiger partial charge >= 0.3 is 0 Å². The van der Waals surface area contributed by atoms with E-state index in [1.54, 1.807) is 54.6 Å². The Labute approximate surface area is 139 Å². The van der Waals surface area contributed by atoms with E-state index in [0.717, 1.165) is 0 Å². The van der Waals surface area contributed by atoms with Gasteiger partial charge in [0.25, 0.3) is 0 Å². The van der Waals surface area contributed by atoms with Crippen LogP contribution in [0.15, 0.2) is 83.5 Å². The number of carbonyl (C=O) groups excluding carboxylic acids is 2. The third-order valence-electron chi connectivity index (χ3n) is 3.37. The first-order valence-electron chi connectivity index (χ1n) is 7.45. The predicted molar refractivity (Wildman–Crippen MR) is 92.7 cm³/mol. The van der Waals surface area contributed by atoms with Crippen LogP contribution < -0.4 is 5.32 Å². The third kappa shape index (κ3) is 3.87. The Balaban J connectivity index is 1.71. The molecule has 1 amide bonds. The van der Waals surface area contributed by atoms with Crippen LogP contribution in [0.25, 0.3) is 6.08 Å². The van der Waals surface area contributed by atoms with Gasteiger partial charge in [-0.2, -0.15) is 0 Å². The topological polar surface area (TPSA) is 59.3 Å². The molecule has 0 saturated heterocycles. The Morgan fingerprint density at radius 2 is 1.67 bits per heavy atom. The molecule has 0 aliphatic heterocycles. The van der Waals surface area contributed by atoms with Gasteiger partial charge in [0, 0.05) is 22.9 Å². The maximum atomic E-state index is 12.4. The molecule has 4 heteroatoms. The van der Waals surface area contributed by atoms with Crippen molar-refractivity contribution < 1.29 is 14.0 Å². The van der Waals surface area contributed by atoms with Gasteiger partial charge in [-0.05, 0) is 30.3 Å². The van der Waals surface area contributed by atoms with Crippen LogP contribution in [-0.4, -0.2) is 11.7 Å². The van der Waals surface area contributed by atoms with Crippen molar-refractivity contribution in [2.75, 3.05) is 5.32 Å². The van der Waals surface area contributed by atoms with E-state index < -0.39 is 0 Å². The first kappa shape index (κ1) is 15.5. The Hall–Kier alpha value is -3.40. The van der Waals surface area contributed by atoms with Gasteiger partial charge in [0.1, 0.15) is 5.76 Å². The number of benzene rings is 2. The standard InChI is InChI=1S/C20H15NO3/c22-19(12-11-18-10-5-13-24-18)21-17-9-4-8-16(14-17)20(23)15-6-2-1-3-7-15/h1-14H,(H,21,22)/b12-11+. The lowest BCUT2D eigenvalue weighted by Crippen LogP contribution is -2.09. The van der Waals surface area contributed by atoms with E-state index in [1.165, 1.54) is 12.3 Å². The molecule has 0 bridgehead atoms. The lowest BCUT2D eigenvalue weighted by molar-refractivity contribution is -0.111. The normalized spacial score (nSPS) is 10.7. The smallest absolute Gasteiger partial charge is 0.248 e. The second-order valence-corrected chi connectivity index (χ2v) is 5.11. The van der Waals surface area contributed by atoms with Crippen LogP contribution in [0.1, 0.15) is 21.7 Å². The molecule has 0 aliphatic carbocycles. The molecule has 1 heterocycles. The number of furan rings is 1. The number of carbonyl (C=O) groups is 2. The molecule has 0 atom stereocenters. The minimum Gasteiger partial charge on any atom is -0.465 e. The summed E-state index contributed by atoms with van der Waals surface area (Å²) < 4.78 is 5.12. The van der Waals surface area contributed by atoms with Crippen LogP contribution in [0, 0.1) is 0 Å². The van der Waals surface area contributed by atoms with Gasteiger partial charge in [-0.1, -0.05) is 42.5 Å². The van der Waals surface area contributed by atoms with Gasteiger partial charge in [-0.3, -0.25) is 9.59 Å². The van der Waals surface area contributed by atoms with Crippen molar-refractivity contribution >= 4 is 23.5 Å². The van der Waals surface area contributed by atoms with Gasteiger partial charge in [-0.25, -0.2) is 0 Å². The summed E-state index contributed by atoms with van der Waals surface area (Å²) in [4.78, 5) is 24.4. The number of hydrogen-bond donors (Lipinski definition) is 1. The number of hydrogen-bond acceptors (Lipinski definition) is 3. The molecule has 3 rings (SSSR count). The largest absolute Gasteiger partial charge is 0.465 e. The van der Waals surface area contributed by atoms with Crippen molar-refractivity contribution in [3.8, 4) is 0 Å². The molecule has 2 aromatic carbocycles. The summed E-state index contributed by atoms with van der Waals surface area (Å²) in [6, 6.07) is 19.4. The predicted octanol–water partition coefficient (Wildman–Crippen LogP) is 4.16.